The van der Waals surface area contributed by atoms with Gasteiger partial charge in [-0.15, -0.1) is 0 Å². The molecule has 0 bridgehead atoms. The molecule has 0 radical (unpaired) electrons. The average Bonchev–Trinajstić information content (AvgIpc) is 2.39. The number of rotatable bonds is 9. The standard InChI is InChI=1S/C14H19Br2ClO3S/c1-2-3-4-5-6-7-8-20-14-12(15)9-11(10-13(14)16)21(17,18)19/h9-10H,2-8H2,1H3. The molecular formula is C14H19Br2ClO3S. The molecule has 21 heavy (non-hydrogen) atoms. The molecule has 0 N–H and O–H groups in total. The topological polar surface area (TPSA) is 43.4 Å². The summed E-state index contributed by atoms with van der Waals surface area (Å²) in [6, 6.07) is 2.90. The van der Waals surface area contributed by atoms with Crippen LogP contribution in [0.5, 0.6) is 5.75 Å². The van der Waals surface area contributed by atoms with Gasteiger partial charge in [0.05, 0.1) is 20.4 Å². The van der Waals surface area contributed by atoms with Crippen LogP contribution in [0.1, 0.15) is 45.4 Å². The molecule has 1 rings (SSSR count). The van der Waals surface area contributed by atoms with Crippen LogP contribution in [0, 0.1) is 0 Å². The lowest BCUT2D eigenvalue weighted by atomic mass is 10.1. The zero-order valence-corrected chi connectivity index (χ0v) is 16.6. The summed E-state index contributed by atoms with van der Waals surface area (Å²) in [6.45, 7) is 2.80. The van der Waals surface area contributed by atoms with Gasteiger partial charge >= 0.3 is 0 Å². The highest BCUT2D eigenvalue weighted by Crippen LogP contribution is 2.37. The first-order valence-corrected chi connectivity index (χ1v) is 10.8. The molecule has 120 valence electrons. The second kappa shape index (κ2) is 9.38. The van der Waals surface area contributed by atoms with Crippen LogP contribution in [-0.4, -0.2) is 15.0 Å². The molecule has 3 nitrogen and oxygen atoms in total. The van der Waals surface area contributed by atoms with Gasteiger partial charge in [0, 0.05) is 10.7 Å². The molecule has 0 aliphatic carbocycles. The third-order valence-electron chi connectivity index (χ3n) is 3.00. The van der Waals surface area contributed by atoms with Gasteiger partial charge in [0.15, 0.2) is 0 Å². The summed E-state index contributed by atoms with van der Waals surface area (Å²) in [6.07, 6.45) is 7.15. The summed E-state index contributed by atoms with van der Waals surface area (Å²) >= 11 is 6.63. The Balaban J connectivity index is 2.53. The van der Waals surface area contributed by atoms with Gasteiger partial charge in [0.25, 0.3) is 9.05 Å². The maximum Gasteiger partial charge on any atom is 0.261 e. The monoisotopic (exact) mass is 460 g/mol. The molecule has 0 unspecified atom stereocenters. The molecule has 0 fully saturated rings. The van der Waals surface area contributed by atoms with Crippen LogP contribution in [0.25, 0.3) is 0 Å². The molecule has 0 aliphatic rings. The fourth-order valence-corrected chi connectivity index (χ4v) is 4.37. The van der Waals surface area contributed by atoms with E-state index in [1.165, 1.54) is 37.8 Å². The van der Waals surface area contributed by atoms with E-state index in [0.29, 0.717) is 21.3 Å². The van der Waals surface area contributed by atoms with Crippen molar-refractivity contribution in [3.05, 3.63) is 21.1 Å². The maximum atomic E-state index is 11.3. The highest BCUT2D eigenvalue weighted by molar-refractivity contribution is 9.11. The van der Waals surface area contributed by atoms with Crippen LogP contribution in [0.3, 0.4) is 0 Å². The Labute approximate surface area is 148 Å². The molecule has 0 saturated carbocycles. The van der Waals surface area contributed by atoms with Gasteiger partial charge in [0.1, 0.15) is 5.75 Å². The van der Waals surface area contributed by atoms with Crippen molar-refractivity contribution in [2.45, 2.75) is 50.3 Å². The number of hydrogen-bond acceptors (Lipinski definition) is 3. The molecule has 0 heterocycles. The molecule has 1 aromatic carbocycles. The Morgan fingerprint density at radius 1 is 1.05 bits per heavy atom. The lowest BCUT2D eigenvalue weighted by Crippen LogP contribution is -2.00. The zero-order valence-electron chi connectivity index (χ0n) is 11.9. The minimum Gasteiger partial charge on any atom is -0.491 e. The highest BCUT2D eigenvalue weighted by atomic mass is 79.9. The molecule has 7 heteroatoms. The SMILES string of the molecule is CCCCCCCCOc1c(Br)cc(S(=O)(=O)Cl)cc1Br. The number of benzene rings is 1. The van der Waals surface area contributed by atoms with Crippen LogP contribution < -0.4 is 4.74 Å². The third-order valence-corrected chi connectivity index (χ3v) is 5.51. The summed E-state index contributed by atoms with van der Waals surface area (Å²) in [5.74, 6) is 0.604. The summed E-state index contributed by atoms with van der Waals surface area (Å²) in [7, 11) is 1.59. The van der Waals surface area contributed by atoms with E-state index in [1.807, 2.05) is 0 Å². The van der Waals surface area contributed by atoms with E-state index in [-0.39, 0.29) is 4.90 Å². The summed E-state index contributed by atoms with van der Waals surface area (Å²) < 4.78 is 29.5. The highest BCUT2D eigenvalue weighted by Gasteiger charge is 2.16. The predicted molar refractivity (Wildman–Crippen MR) is 93.8 cm³/mol. The van der Waals surface area contributed by atoms with E-state index >= 15 is 0 Å². The predicted octanol–water partition coefficient (Wildman–Crippen LogP) is 5.88. The van der Waals surface area contributed by atoms with E-state index in [1.54, 1.807) is 0 Å². The molecule has 0 spiro atoms. The van der Waals surface area contributed by atoms with Gasteiger partial charge in [-0.25, -0.2) is 8.42 Å². The van der Waals surface area contributed by atoms with E-state index in [9.17, 15) is 8.42 Å². The summed E-state index contributed by atoms with van der Waals surface area (Å²) in [5.41, 5.74) is 0. The first-order chi connectivity index (χ1) is 9.86. The van der Waals surface area contributed by atoms with Crippen LogP contribution in [-0.2, 0) is 9.05 Å². The van der Waals surface area contributed by atoms with Crippen molar-refractivity contribution in [3.63, 3.8) is 0 Å². The Kier molecular flexibility index (Phi) is 8.61. The van der Waals surface area contributed by atoms with Crippen molar-refractivity contribution in [2.75, 3.05) is 6.61 Å². The van der Waals surface area contributed by atoms with Crippen LogP contribution in [0.15, 0.2) is 26.0 Å². The number of unbranched alkanes of at least 4 members (excludes halogenated alkanes) is 5. The zero-order chi connectivity index (χ0) is 15.9. The van der Waals surface area contributed by atoms with Crippen LogP contribution >= 0.6 is 42.5 Å². The van der Waals surface area contributed by atoms with E-state index < -0.39 is 9.05 Å². The minimum atomic E-state index is -3.75. The normalized spacial score (nSPS) is 11.6. The molecule has 0 aromatic heterocycles. The maximum absolute atomic E-state index is 11.3. The minimum absolute atomic E-state index is 0.0369. The Morgan fingerprint density at radius 2 is 1.57 bits per heavy atom. The van der Waals surface area contributed by atoms with Crippen LogP contribution in [0.4, 0.5) is 0 Å². The first-order valence-electron chi connectivity index (χ1n) is 6.92. The van der Waals surface area contributed by atoms with Crippen molar-refractivity contribution >= 4 is 51.6 Å². The Morgan fingerprint density at radius 3 is 2.10 bits per heavy atom. The largest absolute Gasteiger partial charge is 0.491 e. The summed E-state index contributed by atoms with van der Waals surface area (Å²) in [4.78, 5) is 0.0369. The Hall–Kier alpha value is 0.220. The van der Waals surface area contributed by atoms with Crippen molar-refractivity contribution < 1.29 is 13.2 Å². The van der Waals surface area contributed by atoms with Crippen molar-refractivity contribution in [2.24, 2.45) is 0 Å². The van der Waals surface area contributed by atoms with Gasteiger partial charge in [-0.2, -0.15) is 0 Å². The summed E-state index contributed by atoms with van der Waals surface area (Å²) in [5, 5.41) is 0. The molecule has 0 atom stereocenters. The second-order valence-electron chi connectivity index (χ2n) is 4.77. The lowest BCUT2D eigenvalue weighted by Gasteiger charge is -2.11. The molecular weight excluding hydrogens is 443 g/mol. The second-order valence-corrected chi connectivity index (χ2v) is 9.04. The lowest BCUT2D eigenvalue weighted by molar-refractivity contribution is 0.300. The van der Waals surface area contributed by atoms with Gasteiger partial charge in [0.2, 0.25) is 0 Å². The molecule has 1 aromatic rings. The third kappa shape index (κ3) is 6.89. The molecule has 0 aliphatic heterocycles. The fraction of sp³-hybridized carbons (Fsp3) is 0.571. The van der Waals surface area contributed by atoms with Gasteiger partial charge < -0.3 is 4.74 Å². The molecule has 0 saturated heterocycles. The van der Waals surface area contributed by atoms with E-state index in [0.717, 1.165) is 12.8 Å². The van der Waals surface area contributed by atoms with Gasteiger partial charge in [-0.3, -0.25) is 0 Å². The number of hydrogen-bond donors (Lipinski definition) is 0. The average molecular weight is 463 g/mol. The van der Waals surface area contributed by atoms with Crippen molar-refractivity contribution in [3.8, 4) is 5.75 Å². The van der Waals surface area contributed by atoms with E-state index in [2.05, 4.69) is 38.8 Å². The van der Waals surface area contributed by atoms with Gasteiger partial charge in [-0.05, 0) is 50.4 Å². The molecule has 0 amide bonds. The number of ether oxygens (including phenoxy) is 1. The van der Waals surface area contributed by atoms with Crippen LogP contribution in [0.2, 0.25) is 0 Å². The van der Waals surface area contributed by atoms with Gasteiger partial charge in [-0.1, -0.05) is 39.0 Å². The van der Waals surface area contributed by atoms with Crippen molar-refractivity contribution in [1.29, 1.82) is 0 Å². The fourth-order valence-electron chi connectivity index (χ4n) is 1.87. The van der Waals surface area contributed by atoms with Crippen molar-refractivity contribution in [1.82, 2.24) is 0 Å². The quantitative estimate of drug-likeness (QED) is 0.340. The Bertz CT molecular complexity index is 538. The first kappa shape index (κ1) is 19.3. The number of halogens is 3. The smallest absolute Gasteiger partial charge is 0.261 e. The van der Waals surface area contributed by atoms with E-state index in [4.69, 9.17) is 15.4 Å².